The van der Waals surface area contributed by atoms with Crippen molar-refractivity contribution in [2.75, 3.05) is 5.32 Å². The van der Waals surface area contributed by atoms with Gasteiger partial charge in [-0.1, -0.05) is 45.0 Å². The van der Waals surface area contributed by atoms with Gasteiger partial charge in [-0.05, 0) is 24.3 Å². The monoisotopic (exact) mass is 362 g/mol. The van der Waals surface area contributed by atoms with Crippen LogP contribution in [0.3, 0.4) is 0 Å². The molecular weight excluding hydrogens is 340 g/mol. The van der Waals surface area contributed by atoms with Gasteiger partial charge in [0.1, 0.15) is 0 Å². The fraction of sp³-hybridized carbons (Fsp3) is 0.190. The molecule has 0 unspecified atom stereocenters. The number of para-hydroxylation sites is 1. The second kappa shape index (κ2) is 7.45. The number of nitrogens with one attached hydrogen (secondary N) is 3. The lowest BCUT2D eigenvalue weighted by Gasteiger charge is -2.17. The molecule has 0 spiro atoms. The Balaban J connectivity index is 1.68. The number of anilines is 1. The number of carbonyl (C=O) groups excluding carboxylic acids is 2. The zero-order valence-electron chi connectivity index (χ0n) is 15.5. The van der Waals surface area contributed by atoms with Crippen molar-refractivity contribution < 1.29 is 9.59 Å². The van der Waals surface area contributed by atoms with E-state index in [9.17, 15) is 9.59 Å². The van der Waals surface area contributed by atoms with E-state index in [4.69, 9.17) is 0 Å². The first-order valence-electron chi connectivity index (χ1n) is 8.65. The molecule has 6 heteroatoms. The summed E-state index contributed by atoms with van der Waals surface area (Å²) < 4.78 is 0. The quantitative estimate of drug-likeness (QED) is 0.485. The van der Waals surface area contributed by atoms with E-state index in [2.05, 4.69) is 20.8 Å². The minimum absolute atomic E-state index is 0.114. The van der Waals surface area contributed by atoms with Gasteiger partial charge in [0.2, 0.25) is 5.91 Å². The molecule has 2 aromatic carbocycles. The average Bonchev–Trinajstić information content (AvgIpc) is 3.04. The summed E-state index contributed by atoms with van der Waals surface area (Å²) in [4.78, 5) is 27.6. The van der Waals surface area contributed by atoms with Crippen molar-refractivity contribution in [3.05, 3.63) is 65.9 Å². The second-order valence-electron chi connectivity index (χ2n) is 7.27. The van der Waals surface area contributed by atoms with Crippen molar-refractivity contribution >= 4 is 34.6 Å². The summed E-state index contributed by atoms with van der Waals surface area (Å²) in [5.41, 5.74) is 4.88. The van der Waals surface area contributed by atoms with E-state index in [-0.39, 0.29) is 11.8 Å². The second-order valence-corrected chi connectivity index (χ2v) is 7.27. The largest absolute Gasteiger partial charge is 0.361 e. The molecule has 0 atom stereocenters. The first-order chi connectivity index (χ1) is 12.8. The van der Waals surface area contributed by atoms with Gasteiger partial charge in [0.15, 0.2) is 0 Å². The Hall–Kier alpha value is -3.41. The number of aromatic nitrogens is 1. The van der Waals surface area contributed by atoms with Crippen molar-refractivity contribution in [2.45, 2.75) is 20.8 Å². The number of hydrazone groups is 1. The number of amides is 2. The molecule has 3 aromatic rings. The van der Waals surface area contributed by atoms with Crippen molar-refractivity contribution in [2.24, 2.45) is 10.5 Å². The lowest BCUT2D eigenvalue weighted by molar-refractivity contribution is -0.123. The fourth-order valence-corrected chi connectivity index (χ4v) is 2.48. The van der Waals surface area contributed by atoms with E-state index < -0.39 is 5.41 Å². The van der Waals surface area contributed by atoms with Crippen LogP contribution in [0.4, 0.5) is 5.69 Å². The molecule has 0 aliphatic carbocycles. The Morgan fingerprint density at radius 3 is 2.63 bits per heavy atom. The van der Waals surface area contributed by atoms with E-state index in [0.29, 0.717) is 11.3 Å². The normalized spacial score (nSPS) is 11.7. The maximum Gasteiger partial charge on any atom is 0.271 e. The molecule has 0 aliphatic heterocycles. The van der Waals surface area contributed by atoms with Gasteiger partial charge >= 0.3 is 0 Å². The van der Waals surface area contributed by atoms with Crippen LogP contribution in [0.2, 0.25) is 0 Å². The minimum Gasteiger partial charge on any atom is -0.361 e. The summed E-state index contributed by atoms with van der Waals surface area (Å²) in [6.45, 7) is 5.50. The van der Waals surface area contributed by atoms with Gasteiger partial charge < -0.3 is 10.3 Å². The zero-order valence-corrected chi connectivity index (χ0v) is 15.5. The number of aromatic amines is 1. The van der Waals surface area contributed by atoms with Gasteiger partial charge in [0.25, 0.3) is 5.91 Å². The van der Waals surface area contributed by atoms with E-state index >= 15 is 0 Å². The van der Waals surface area contributed by atoms with Crippen LogP contribution in [-0.4, -0.2) is 23.0 Å². The third-order valence-electron chi connectivity index (χ3n) is 4.05. The highest BCUT2D eigenvalue weighted by atomic mass is 16.2. The summed E-state index contributed by atoms with van der Waals surface area (Å²) in [5, 5.41) is 7.88. The van der Waals surface area contributed by atoms with Gasteiger partial charge in [0, 0.05) is 39.3 Å². The Morgan fingerprint density at radius 2 is 1.85 bits per heavy atom. The molecule has 2 amide bonds. The van der Waals surface area contributed by atoms with Crippen molar-refractivity contribution in [1.82, 2.24) is 10.4 Å². The van der Waals surface area contributed by atoms with E-state index in [1.54, 1.807) is 30.5 Å². The molecule has 3 rings (SSSR count). The summed E-state index contributed by atoms with van der Waals surface area (Å²) in [6, 6.07) is 14.6. The van der Waals surface area contributed by atoms with Crippen molar-refractivity contribution in [3.63, 3.8) is 0 Å². The Morgan fingerprint density at radius 1 is 1.07 bits per heavy atom. The van der Waals surface area contributed by atoms with Gasteiger partial charge in [0.05, 0.1) is 6.21 Å². The smallest absolute Gasteiger partial charge is 0.271 e. The van der Waals surface area contributed by atoms with Gasteiger partial charge in [-0.3, -0.25) is 9.59 Å². The van der Waals surface area contributed by atoms with Crippen molar-refractivity contribution in [3.8, 4) is 0 Å². The van der Waals surface area contributed by atoms with Crippen LogP contribution in [0.15, 0.2) is 59.8 Å². The average molecular weight is 362 g/mol. The highest BCUT2D eigenvalue weighted by molar-refractivity contribution is 6.01. The van der Waals surface area contributed by atoms with Gasteiger partial charge in [-0.2, -0.15) is 5.10 Å². The fourth-order valence-electron chi connectivity index (χ4n) is 2.48. The number of hydrogen-bond donors (Lipinski definition) is 3. The van der Waals surface area contributed by atoms with Crippen LogP contribution < -0.4 is 10.7 Å². The Bertz CT molecular complexity index is 1010. The minimum atomic E-state index is -0.512. The number of hydrogen-bond acceptors (Lipinski definition) is 3. The molecule has 138 valence electrons. The summed E-state index contributed by atoms with van der Waals surface area (Å²) in [7, 11) is 0. The van der Waals surface area contributed by atoms with E-state index in [1.165, 1.54) is 0 Å². The van der Waals surface area contributed by atoms with Crippen LogP contribution in [-0.2, 0) is 4.79 Å². The summed E-state index contributed by atoms with van der Waals surface area (Å²) in [6.07, 6.45) is 3.44. The number of carbonyl (C=O) groups is 2. The lowest BCUT2D eigenvalue weighted by atomic mass is 9.95. The summed E-state index contributed by atoms with van der Waals surface area (Å²) >= 11 is 0. The van der Waals surface area contributed by atoms with Crippen LogP contribution >= 0.6 is 0 Å². The highest BCUT2D eigenvalue weighted by Gasteiger charge is 2.21. The molecule has 1 heterocycles. The van der Waals surface area contributed by atoms with Crippen LogP contribution in [0, 0.1) is 5.41 Å². The first-order valence-corrected chi connectivity index (χ1v) is 8.65. The topological polar surface area (TPSA) is 86.3 Å². The van der Waals surface area contributed by atoms with Crippen LogP contribution in [0.25, 0.3) is 10.9 Å². The van der Waals surface area contributed by atoms with Gasteiger partial charge in [-0.15, -0.1) is 0 Å². The van der Waals surface area contributed by atoms with Gasteiger partial charge in [-0.25, -0.2) is 5.43 Å². The predicted octanol–water partition coefficient (Wildman–Crippen LogP) is 3.92. The first kappa shape index (κ1) is 18.4. The molecule has 6 nitrogen and oxygen atoms in total. The Kier molecular flexibility index (Phi) is 5.07. The molecule has 0 aliphatic rings. The molecule has 0 saturated carbocycles. The molecule has 0 radical (unpaired) electrons. The number of H-pyrrole nitrogens is 1. The Labute approximate surface area is 157 Å². The van der Waals surface area contributed by atoms with Crippen LogP contribution in [0.5, 0.6) is 0 Å². The SMILES string of the molecule is CC(C)(C)C(=O)Nc1cccc(C(=O)NN=Cc2c[nH]c3ccccc23)c1. The number of fused-ring (bicyclic) bond motifs is 1. The maximum atomic E-state index is 12.3. The van der Waals surface area contributed by atoms with E-state index in [0.717, 1.165) is 16.5 Å². The van der Waals surface area contributed by atoms with E-state index in [1.807, 2.05) is 51.2 Å². The number of nitrogens with zero attached hydrogens (tertiary/aromatic N) is 1. The molecule has 3 N–H and O–H groups in total. The van der Waals surface area contributed by atoms with Crippen LogP contribution in [0.1, 0.15) is 36.7 Å². The molecule has 0 fully saturated rings. The van der Waals surface area contributed by atoms with Crippen molar-refractivity contribution in [1.29, 1.82) is 0 Å². The standard InChI is InChI=1S/C21H22N4O2/c1-21(2,3)20(27)24-16-8-6-7-14(11-16)19(26)25-23-13-15-12-22-18-10-5-4-9-17(15)18/h4-13,22H,1-3H3,(H,24,27)(H,25,26). The maximum absolute atomic E-state index is 12.3. The molecule has 0 saturated heterocycles. The highest BCUT2D eigenvalue weighted by Crippen LogP contribution is 2.18. The third kappa shape index (κ3) is 4.41. The molecular formula is C21H22N4O2. The summed E-state index contributed by atoms with van der Waals surface area (Å²) in [5.74, 6) is -0.463. The number of rotatable bonds is 4. The number of benzene rings is 2. The molecule has 0 bridgehead atoms. The lowest BCUT2D eigenvalue weighted by Crippen LogP contribution is -2.27. The predicted molar refractivity (Wildman–Crippen MR) is 108 cm³/mol. The molecule has 27 heavy (non-hydrogen) atoms. The molecule has 1 aromatic heterocycles. The third-order valence-corrected chi connectivity index (χ3v) is 4.05. The zero-order chi connectivity index (χ0) is 19.4.